The average Bonchev–Trinajstić information content (AvgIpc) is 2.78. The Labute approximate surface area is 191 Å². The van der Waals surface area contributed by atoms with Crippen molar-refractivity contribution in [2.24, 2.45) is 0 Å². The van der Waals surface area contributed by atoms with E-state index in [0.717, 1.165) is 5.69 Å². The van der Waals surface area contributed by atoms with Crippen molar-refractivity contribution in [2.45, 2.75) is 4.90 Å². The van der Waals surface area contributed by atoms with E-state index in [-0.39, 0.29) is 10.5 Å². The van der Waals surface area contributed by atoms with Crippen molar-refractivity contribution in [3.8, 4) is 0 Å². The van der Waals surface area contributed by atoms with E-state index in [2.05, 4.69) is 15.6 Å². The molecule has 0 fully saturated rings. The van der Waals surface area contributed by atoms with Crippen molar-refractivity contribution in [1.29, 1.82) is 0 Å². The smallest absolute Gasteiger partial charge is 0.269 e. The molecule has 0 aliphatic heterocycles. The Balaban J connectivity index is 1.66. The van der Waals surface area contributed by atoms with Crippen molar-refractivity contribution >= 4 is 44.8 Å². The highest BCUT2D eigenvalue weighted by atomic mass is 35.5. The monoisotopic (exact) mass is 472 g/mol. The van der Waals surface area contributed by atoms with Crippen LogP contribution < -0.4 is 20.5 Å². The van der Waals surface area contributed by atoms with Gasteiger partial charge in [-0.2, -0.15) is 0 Å². The summed E-state index contributed by atoms with van der Waals surface area (Å²) in [7, 11) is -0.165. The largest absolute Gasteiger partial charge is 0.378 e. The number of hydrogen-bond acceptors (Lipinski definition) is 5. The number of carbonyl (C=O) groups excluding carboxylic acids is 2. The average molecular weight is 473 g/mol. The molecule has 0 aromatic heterocycles. The molecule has 0 bridgehead atoms. The molecular weight excluding hydrogens is 452 g/mol. The normalized spacial score (nSPS) is 10.8. The number of amides is 2. The first-order chi connectivity index (χ1) is 15.2. The summed E-state index contributed by atoms with van der Waals surface area (Å²) in [5, 5.41) is 0.474. The zero-order valence-electron chi connectivity index (χ0n) is 17.3. The first-order valence-corrected chi connectivity index (χ1v) is 11.3. The minimum atomic E-state index is -3.93. The Morgan fingerprint density at radius 1 is 0.812 bits per heavy atom. The van der Waals surface area contributed by atoms with Crippen LogP contribution in [0.5, 0.6) is 0 Å². The SMILES string of the molecule is CN(C)c1ccc(C(=O)NNC(=O)c2cccc(S(=O)(=O)Nc3ccc(Cl)cc3)c2)cc1. The van der Waals surface area contributed by atoms with E-state index in [1.54, 1.807) is 36.4 Å². The number of halogens is 1. The highest BCUT2D eigenvalue weighted by molar-refractivity contribution is 7.92. The van der Waals surface area contributed by atoms with Crippen LogP contribution >= 0.6 is 11.6 Å². The van der Waals surface area contributed by atoms with Crippen LogP contribution in [0.25, 0.3) is 0 Å². The number of sulfonamides is 1. The van der Waals surface area contributed by atoms with Gasteiger partial charge in [0, 0.05) is 41.6 Å². The fourth-order valence-electron chi connectivity index (χ4n) is 2.71. The van der Waals surface area contributed by atoms with Gasteiger partial charge in [-0.25, -0.2) is 8.42 Å². The van der Waals surface area contributed by atoms with Gasteiger partial charge in [0.1, 0.15) is 0 Å². The molecule has 8 nitrogen and oxygen atoms in total. The lowest BCUT2D eigenvalue weighted by molar-refractivity contribution is 0.0846. The molecule has 0 aliphatic rings. The fourth-order valence-corrected chi connectivity index (χ4v) is 3.94. The molecule has 0 radical (unpaired) electrons. The maximum Gasteiger partial charge on any atom is 0.269 e. The highest BCUT2D eigenvalue weighted by Gasteiger charge is 2.17. The first-order valence-electron chi connectivity index (χ1n) is 9.42. The number of hydrazine groups is 1. The maximum absolute atomic E-state index is 12.6. The van der Waals surface area contributed by atoms with Crippen LogP contribution in [0.2, 0.25) is 5.02 Å². The third-order valence-corrected chi connectivity index (χ3v) is 6.07. The van der Waals surface area contributed by atoms with Gasteiger partial charge in [0.2, 0.25) is 0 Å². The number of nitrogens with one attached hydrogen (secondary N) is 3. The van der Waals surface area contributed by atoms with E-state index in [1.807, 2.05) is 19.0 Å². The van der Waals surface area contributed by atoms with Gasteiger partial charge in [0.15, 0.2) is 0 Å². The van der Waals surface area contributed by atoms with Crippen LogP contribution in [0.3, 0.4) is 0 Å². The molecule has 32 heavy (non-hydrogen) atoms. The van der Waals surface area contributed by atoms with Crippen molar-refractivity contribution in [3.05, 3.63) is 88.9 Å². The zero-order chi connectivity index (χ0) is 23.3. The fraction of sp³-hybridized carbons (Fsp3) is 0.0909. The topological polar surface area (TPSA) is 108 Å². The quantitative estimate of drug-likeness (QED) is 0.477. The van der Waals surface area contributed by atoms with E-state index in [4.69, 9.17) is 11.6 Å². The van der Waals surface area contributed by atoms with Gasteiger partial charge in [0.25, 0.3) is 21.8 Å². The van der Waals surface area contributed by atoms with Gasteiger partial charge >= 0.3 is 0 Å². The third-order valence-electron chi connectivity index (χ3n) is 4.44. The van der Waals surface area contributed by atoms with Crippen LogP contribution in [0.1, 0.15) is 20.7 Å². The van der Waals surface area contributed by atoms with Crippen LogP contribution in [0, 0.1) is 0 Å². The van der Waals surface area contributed by atoms with Crippen molar-refractivity contribution in [3.63, 3.8) is 0 Å². The van der Waals surface area contributed by atoms with Crippen LogP contribution in [-0.2, 0) is 10.0 Å². The van der Waals surface area contributed by atoms with Gasteiger partial charge in [-0.15, -0.1) is 0 Å². The van der Waals surface area contributed by atoms with Gasteiger partial charge < -0.3 is 4.90 Å². The molecule has 3 N–H and O–H groups in total. The molecule has 2 amide bonds. The van der Waals surface area contributed by atoms with Gasteiger partial charge in [-0.3, -0.25) is 25.2 Å². The molecule has 3 aromatic carbocycles. The molecule has 166 valence electrons. The predicted molar refractivity (Wildman–Crippen MR) is 124 cm³/mol. The Morgan fingerprint density at radius 2 is 1.41 bits per heavy atom. The summed E-state index contributed by atoms with van der Waals surface area (Å²) in [5.74, 6) is -1.16. The number of nitrogens with zero attached hydrogens (tertiary/aromatic N) is 1. The standard InChI is InChI=1S/C22H21ClN4O4S/c1-27(2)19-12-6-15(7-13-19)21(28)24-25-22(29)16-4-3-5-20(14-16)32(30,31)26-18-10-8-17(23)9-11-18/h3-14,26H,1-2H3,(H,24,28)(H,25,29). The summed E-state index contributed by atoms with van der Waals surface area (Å²) in [4.78, 5) is 26.5. The molecule has 0 unspecified atom stereocenters. The molecule has 0 atom stereocenters. The molecule has 0 heterocycles. The zero-order valence-corrected chi connectivity index (χ0v) is 18.9. The summed E-state index contributed by atoms with van der Waals surface area (Å²) in [5.41, 5.74) is 6.29. The molecule has 0 aliphatic carbocycles. The lowest BCUT2D eigenvalue weighted by Gasteiger charge is -2.13. The number of carbonyl (C=O) groups is 2. The summed E-state index contributed by atoms with van der Waals surface area (Å²) in [6, 6.07) is 18.4. The van der Waals surface area contributed by atoms with Crippen LogP contribution in [0.15, 0.2) is 77.7 Å². The maximum atomic E-state index is 12.6. The molecule has 0 saturated heterocycles. The van der Waals surface area contributed by atoms with Crippen LogP contribution in [0.4, 0.5) is 11.4 Å². The molecule has 3 rings (SSSR count). The van der Waals surface area contributed by atoms with Crippen LogP contribution in [-0.4, -0.2) is 34.3 Å². The Hall–Kier alpha value is -3.56. The lowest BCUT2D eigenvalue weighted by Crippen LogP contribution is -2.41. The number of anilines is 2. The molecule has 0 saturated carbocycles. The Morgan fingerprint density at radius 3 is 2.00 bits per heavy atom. The summed E-state index contributed by atoms with van der Waals surface area (Å²) in [6.07, 6.45) is 0. The summed E-state index contributed by atoms with van der Waals surface area (Å²) >= 11 is 5.81. The highest BCUT2D eigenvalue weighted by Crippen LogP contribution is 2.19. The van der Waals surface area contributed by atoms with Crippen molar-refractivity contribution < 1.29 is 18.0 Å². The van der Waals surface area contributed by atoms with Gasteiger partial charge in [-0.1, -0.05) is 17.7 Å². The second-order valence-electron chi connectivity index (χ2n) is 6.99. The van der Waals surface area contributed by atoms with Crippen molar-refractivity contribution in [1.82, 2.24) is 10.9 Å². The van der Waals surface area contributed by atoms with E-state index in [9.17, 15) is 18.0 Å². The molecule has 10 heteroatoms. The van der Waals surface area contributed by atoms with E-state index < -0.39 is 21.8 Å². The Kier molecular flexibility index (Phi) is 7.01. The minimum absolute atomic E-state index is 0.0623. The number of hydrogen-bond donors (Lipinski definition) is 3. The second kappa shape index (κ2) is 9.71. The van der Waals surface area contributed by atoms with Gasteiger partial charge in [0.05, 0.1) is 4.90 Å². The number of rotatable bonds is 6. The lowest BCUT2D eigenvalue weighted by atomic mass is 10.2. The molecule has 3 aromatic rings. The van der Waals surface area contributed by atoms with E-state index in [1.165, 1.54) is 36.4 Å². The minimum Gasteiger partial charge on any atom is -0.378 e. The van der Waals surface area contributed by atoms with Gasteiger partial charge in [-0.05, 0) is 66.7 Å². The number of benzene rings is 3. The molecule has 0 spiro atoms. The first kappa shape index (κ1) is 23.1. The van der Waals surface area contributed by atoms with Crippen molar-refractivity contribution in [2.75, 3.05) is 23.7 Å². The van der Waals surface area contributed by atoms with E-state index in [0.29, 0.717) is 16.3 Å². The Bertz CT molecular complexity index is 1230. The third kappa shape index (κ3) is 5.77. The second-order valence-corrected chi connectivity index (χ2v) is 9.11. The summed E-state index contributed by atoms with van der Waals surface area (Å²) in [6.45, 7) is 0. The molecular formula is C22H21ClN4O4S. The predicted octanol–water partition coefficient (Wildman–Crippen LogP) is 3.28. The summed E-state index contributed by atoms with van der Waals surface area (Å²) < 4.78 is 27.7. The van der Waals surface area contributed by atoms with E-state index >= 15 is 0 Å².